The SMILES string of the molecule is CCOC(=O)C1CCCN(c2ccccc2)C1. The maximum atomic E-state index is 11.7. The molecule has 1 heterocycles. The minimum atomic E-state index is -0.0480. The first-order valence-corrected chi connectivity index (χ1v) is 6.28. The van der Waals surface area contributed by atoms with Gasteiger partial charge in [0, 0.05) is 18.8 Å². The average Bonchev–Trinajstić information content (AvgIpc) is 2.40. The van der Waals surface area contributed by atoms with E-state index in [0.717, 1.165) is 25.9 Å². The van der Waals surface area contributed by atoms with Crippen molar-refractivity contribution in [3.05, 3.63) is 30.3 Å². The van der Waals surface area contributed by atoms with Crippen LogP contribution in [0.3, 0.4) is 0 Å². The van der Waals surface area contributed by atoms with E-state index >= 15 is 0 Å². The highest BCUT2D eigenvalue weighted by Gasteiger charge is 2.26. The van der Waals surface area contributed by atoms with Crippen molar-refractivity contribution in [1.29, 1.82) is 0 Å². The van der Waals surface area contributed by atoms with Crippen LogP contribution in [0.15, 0.2) is 30.3 Å². The number of anilines is 1. The minimum Gasteiger partial charge on any atom is -0.466 e. The van der Waals surface area contributed by atoms with Gasteiger partial charge in [-0.1, -0.05) is 18.2 Å². The molecule has 1 aliphatic rings. The fourth-order valence-corrected chi connectivity index (χ4v) is 2.30. The van der Waals surface area contributed by atoms with Crippen LogP contribution >= 0.6 is 0 Å². The Bertz CT molecular complexity index is 364. The number of rotatable bonds is 3. The fraction of sp³-hybridized carbons (Fsp3) is 0.500. The standard InChI is InChI=1S/C14H19NO2/c1-2-17-14(16)12-7-6-10-15(11-12)13-8-4-3-5-9-13/h3-5,8-9,12H,2,6-7,10-11H2,1H3. The van der Waals surface area contributed by atoms with Gasteiger partial charge >= 0.3 is 5.97 Å². The Hall–Kier alpha value is -1.51. The molecule has 2 rings (SSSR count). The smallest absolute Gasteiger partial charge is 0.310 e. The zero-order chi connectivity index (χ0) is 12.1. The first kappa shape index (κ1) is 12.0. The number of para-hydroxylation sites is 1. The monoisotopic (exact) mass is 233 g/mol. The molecule has 0 saturated carbocycles. The predicted octanol–water partition coefficient (Wildman–Crippen LogP) is 2.47. The molecule has 1 fully saturated rings. The highest BCUT2D eigenvalue weighted by molar-refractivity contribution is 5.73. The number of nitrogens with zero attached hydrogens (tertiary/aromatic N) is 1. The number of esters is 1. The van der Waals surface area contributed by atoms with Crippen molar-refractivity contribution in [2.75, 3.05) is 24.6 Å². The van der Waals surface area contributed by atoms with Gasteiger partial charge in [0.15, 0.2) is 0 Å². The van der Waals surface area contributed by atoms with E-state index in [9.17, 15) is 4.79 Å². The van der Waals surface area contributed by atoms with Gasteiger partial charge < -0.3 is 9.64 Å². The van der Waals surface area contributed by atoms with E-state index in [2.05, 4.69) is 17.0 Å². The lowest BCUT2D eigenvalue weighted by atomic mass is 9.97. The second-order valence-electron chi connectivity index (χ2n) is 4.37. The van der Waals surface area contributed by atoms with Crippen LogP contribution < -0.4 is 4.90 Å². The number of carbonyl (C=O) groups excluding carboxylic acids is 1. The number of ether oxygens (including phenoxy) is 1. The molecular formula is C14H19NO2. The lowest BCUT2D eigenvalue weighted by Gasteiger charge is -2.33. The van der Waals surface area contributed by atoms with Gasteiger partial charge in [-0.3, -0.25) is 4.79 Å². The molecule has 1 aliphatic heterocycles. The van der Waals surface area contributed by atoms with E-state index in [1.165, 1.54) is 5.69 Å². The van der Waals surface area contributed by atoms with Crippen LogP contribution in [0, 0.1) is 5.92 Å². The molecule has 0 spiro atoms. The summed E-state index contributed by atoms with van der Waals surface area (Å²) in [5.41, 5.74) is 1.20. The molecule has 0 aliphatic carbocycles. The largest absolute Gasteiger partial charge is 0.466 e. The quantitative estimate of drug-likeness (QED) is 0.751. The summed E-state index contributed by atoms with van der Waals surface area (Å²) < 4.78 is 5.10. The summed E-state index contributed by atoms with van der Waals surface area (Å²) in [5.74, 6) is -0.0166. The summed E-state index contributed by atoms with van der Waals surface area (Å²) in [6.07, 6.45) is 2.00. The zero-order valence-corrected chi connectivity index (χ0v) is 10.3. The van der Waals surface area contributed by atoms with Crippen molar-refractivity contribution >= 4 is 11.7 Å². The molecule has 1 aromatic carbocycles. The highest BCUT2D eigenvalue weighted by atomic mass is 16.5. The van der Waals surface area contributed by atoms with Gasteiger partial charge in [0.05, 0.1) is 12.5 Å². The molecule has 0 amide bonds. The van der Waals surface area contributed by atoms with Crippen molar-refractivity contribution in [2.24, 2.45) is 5.92 Å². The molecule has 1 unspecified atom stereocenters. The maximum Gasteiger partial charge on any atom is 0.310 e. The van der Waals surface area contributed by atoms with Crippen molar-refractivity contribution in [1.82, 2.24) is 0 Å². The van der Waals surface area contributed by atoms with Crippen molar-refractivity contribution in [3.63, 3.8) is 0 Å². The number of hydrogen-bond acceptors (Lipinski definition) is 3. The van der Waals surface area contributed by atoms with Crippen LogP contribution in [0.2, 0.25) is 0 Å². The second-order valence-corrected chi connectivity index (χ2v) is 4.37. The van der Waals surface area contributed by atoms with Crippen LogP contribution in [0.1, 0.15) is 19.8 Å². The van der Waals surface area contributed by atoms with E-state index < -0.39 is 0 Å². The molecule has 92 valence electrons. The van der Waals surface area contributed by atoms with E-state index in [1.807, 2.05) is 25.1 Å². The van der Waals surface area contributed by atoms with Crippen LogP contribution in [0.5, 0.6) is 0 Å². The number of piperidine rings is 1. The molecule has 0 radical (unpaired) electrons. The number of carbonyl (C=O) groups is 1. The molecule has 0 bridgehead atoms. The molecular weight excluding hydrogens is 214 g/mol. The third-order valence-electron chi connectivity index (χ3n) is 3.16. The normalized spacial score (nSPS) is 20.1. The van der Waals surface area contributed by atoms with Crippen LogP contribution in [-0.4, -0.2) is 25.7 Å². The number of benzene rings is 1. The molecule has 0 N–H and O–H groups in total. The highest BCUT2D eigenvalue weighted by Crippen LogP contribution is 2.23. The van der Waals surface area contributed by atoms with Crippen LogP contribution in [0.4, 0.5) is 5.69 Å². The molecule has 17 heavy (non-hydrogen) atoms. The van der Waals surface area contributed by atoms with Crippen molar-refractivity contribution in [2.45, 2.75) is 19.8 Å². The first-order chi connectivity index (χ1) is 8.31. The summed E-state index contributed by atoms with van der Waals surface area (Å²) >= 11 is 0. The lowest BCUT2D eigenvalue weighted by Crippen LogP contribution is -2.39. The summed E-state index contributed by atoms with van der Waals surface area (Å²) in [6, 6.07) is 10.3. The summed E-state index contributed by atoms with van der Waals surface area (Å²) in [7, 11) is 0. The Labute approximate surface area is 102 Å². The Kier molecular flexibility index (Phi) is 4.02. The Balaban J connectivity index is 2.00. The van der Waals surface area contributed by atoms with E-state index in [4.69, 9.17) is 4.74 Å². The Morgan fingerprint density at radius 2 is 2.18 bits per heavy atom. The van der Waals surface area contributed by atoms with Gasteiger partial charge in [0.25, 0.3) is 0 Å². The molecule has 1 saturated heterocycles. The van der Waals surface area contributed by atoms with Gasteiger partial charge in [0.1, 0.15) is 0 Å². The Morgan fingerprint density at radius 1 is 1.41 bits per heavy atom. The molecule has 1 aromatic rings. The van der Waals surface area contributed by atoms with Gasteiger partial charge in [-0.25, -0.2) is 0 Å². The maximum absolute atomic E-state index is 11.7. The molecule has 3 heteroatoms. The van der Waals surface area contributed by atoms with E-state index in [0.29, 0.717) is 6.61 Å². The third-order valence-corrected chi connectivity index (χ3v) is 3.16. The van der Waals surface area contributed by atoms with Crippen LogP contribution in [-0.2, 0) is 9.53 Å². The first-order valence-electron chi connectivity index (χ1n) is 6.28. The number of hydrogen-bond donors (Lipinski definition) is 0. The van der Waals surface area contributed by atoms with Crippen molar-refractivity contribution in [3.8, 4) is 0 Å². The lowest BCUT2D eigenvalue weighted by molar-refractivity contribution is -0.148. The fourth-order valence-electron chi connectivity index (χ4n) is 2.30. The summed E-state index contributed by atoms with van der Waals surface area (Å²) in [4.78, 5) is 14.0. The van der Waals surface area contributed by atoms with Gasteiger partial charge in [-0.2, -0.15) is 0 Å². The van der Waals surface area contributed by atoms with E-state index in [1.54, 1.807) is 0 Å². The molecule has 3 nitrogen and oxygen atoms in total. The van der Waals surface area contributed by atoms with Crippen LogP contribution in [0.25, 0.3) is 0 Å². The predicted molar refractivity (Wildman–Crippen MR) is 68.0 cm³/mol. The molecule has 1 atom stereocenters. The average molecular weight is 233 g/mol. The van der Waals surface area contributed by atoms with Gasteiger partial charge in [-0.15, -0.1) is 0 Å². The topological polar surface area (TPSA) is 29.5 Å². The summed E-state index contributed by atoms with van der Waals surface area (Å²) in [5, 5.41) is 0. The Morgan fingerprint density at radius 3 is 2.88 bits per heavy atom. The molecule has 0 aromatic heterocycles. The second kappa shape index (κ2) is 5.71. The minimum absolute atomic E-state index is 0.0314. The van der Waals surface area contributed by atoms with Crippen molar-refractivity contribution < 1.29 is 9.53 Å². The summed E-state index contributed by atoms with van der Waals surface area (Å²) in [6.45, 7) is 4.14. The third kappa shape index (κ3) is 2.99. The van der Waals surface area contributed by atoms with Gasteiger partial charge in [0.2, 0.25) is 0 Å². The zero-order valence-electron chi connectivity index (χ0n) is 10.3. The van der Waals surface area contributed by atoms with E-state index in [-0.39, 0.29) is 11.9 Å². The van der Waals surface area contributed by atoms with Gasteiger partial charge in [-0.05, 0) is 31.9 Å².